The number of halogens is 1. The number of carbonyl (C=O) groups excluding carboxylic acids is 1. The van der Waals surface area contributed by atoms with Crippen LogP contribution in [0.1, 0.15) is 10.4 Å². The quantitative estimate of drug-likeness (QED) is 0.872. The van der Waals surface area contributed by atoms with E-state index >= 15 is 0 Å². The Kier molecular flexibility index (Phi) is 4.49. The fourth-order valence-corrected chi connectivity index (χ4v) is 4.44. The Balaban J connectivity index is 2.16. The van der Waals surface area contributed by atoms with Gasteiger partial charge in [0.25, 0.3) is 10.0 Å². The zero-order valence-corrected chi connectivity index (χ0v) is 14.8. The van der Waals surface area contributed by atoms with Crippen LogP contribution in [-0.2, 0) is 10.0 Å². The largest absolute Gasteiger partial charge is 0.495 e. The van der Waals surface area contributed by atoms with Crippen molar-refractivity contribution in [3.63, 3.8) is 0 Å². The Morgan fingerprint density at radius 1 is 1.28 bits per heavy atom. The van der Waals surface area contributed by atoms with Crippen molar-refractivity contribution in [2.45, 2.75) is 4.90 Å². The Morgan fingerprint density at radius 2 is 2.04 bits per heavy atom. The molecule has 0 aromatic heterocycles. The summed E-state index contributed by atoms with van der Waals surface area (Å²) in [6.07, 6.45) is 0. The van der Waals surface area contributed by atoms with E-state index in [2.05, 4.69) is 0 Å². The monoisotopic (exact) mass is 382 g/mol. The lowest BCUT2D eigenvalue weighted by molar-refractivity contribution is 0.1000. The van der Waals surface area contributed by atoms with Gasteiger partial charge in [-0.3, -0.25) is 9.10 Å². The molecule has 0 saturated carbocycles. The maximum Gasteiger partial charge on any atom is 0.268 e. The number of rotatable bonds is 4. The molecule has 0 radical (unpaired) electrons. The number of ether oxygens (including phenoxy) is 2. The number of amides is 1. The number of carbonyl (C=O) groups is 1. The first-order valence-corrected chi connectivity index (χ1v) is 9.09. The number of hydrogen-bond acceptors (Lipinski definition) is 5. The van der Waals surface area contributed by atoms with Crippen LogP contribution in [0, 0.1) is 0 Å². The van der Waals surface area contributed by atoms with Gasteiger partial charge in [0.15, 0.2) is 0 Å². The number of benzene rings is 2. The van der Waals surface area contributed by atoms with Crippen molar-refractivity contribution in [2.24, 2.45) is 5.73 Å². The predicted octanol–water partition coefficient (Wildman–Crippen LogP) is 2.04. The van der Waals surface area contributed by atoms with Gasteiger partial charge in [-0.15, -0.1) is 0 Å². The molecule has 1 heterocycles. The number of primary amides is 1. The van der Waals surface area contributed by atoms with Gasteiger partial charge in [-0.05, 0) is 36.4 Å². The topological polar surface area (TPSA) is 98.9 Å². The highest BCUT2D eigenvalue weighted by molar-refractivity contribution is 7.93. The lowest BCUT2D eigenvalue weighted by Crippen LogP contribution is -2.38. The summed E-state index contributed by atoms with van der Waals surface area (Å²) >= 11 is 5.96. The second kappa shape index (κ2) is 6.45. The normalized spacial score (nSPS) is 13.8. The second-order valence-electron chi connectivity index (χ2n) is 5.27. The van der Waals surface area contributed by atoms with Crippen molar-refractivity contribution in [1.82, 2.24) is 0 Å². The molecule has 2 N–H and O–H groups in total. The number of nitrogens with two attached hydrogens (primary N) is 1. The van der Waals surface area contributed by atoms with Crippen LogP contribution in [0.25, 0.3) is 0 Å². The summed E-state index contributed by atoms with van der Waals surface area (Å²) in [5.74, 6) is -0.143. The molecule has 1 aliphatic heterocycles. The molecule has 25 heavy (non-hydrogen) atoms. The van der Waals surface area contributed by atoms with Gasteiger partial charge in [0.2, 0.25) is 5.91 Å². The van der Waals surface area contributed by atoms with E-state index in [1.165, 1.54) is 43.5 Å². The van der Waals surface area contributed by atoms with E-state index in [4.69, 9.17) is 26.8 Å². The number of sulfonamides is 1. The highest BCUT2D eigenvalue weighted by Crippen LogP contribution is 2.38. The number of nitrogens with zero attached hydrogens (tertiary/aromatic N) is 1. The van der Waals surface area contributed by atoms with Crippen LogP contribution in [0.4, 0.5) is 5.69 Å². The van der Waals surface area contributed by atoms with Gasteiger partial charge in [0.1, 0.15) is 23.0 Å². The molecule has 9 heteroatoms. The first-order valence-electron chi connectivity index (χ1n) is 7.27. The molecule has 0 fully saturated rings. The van der Waals surface area contributed by atoms with Gasteiger partial charge in [-0.2, -0.15) is 0 Å². The third-order valence-electron chi connectivity index (χ3n) is 3.76. The average Bonchev–Trinajstić information content (AvgIpc) is 2.60. The molecule has 0 bridgehead atoms. The molecular formula is C16H15ClN2O5S. The molecular weight excluding hydrogens is 368 g/mol. The second-order valence-corrected chi connectivity index (χ2v) is 7.53. The average molecular weight is 383 g/mol. The van der Waals surface area contributed by atoms with Gasteiger partial charge < -0.3 is 15.2 Å². The molecule has 1 aliphatic rings. The van der Waals surface area contributed by atoms with Crippen LogP contribution in [0.5, 0.6) is 11.5 Å². The van der Waals surface area contributed by atoms with Crippen molar-refractivity contribution in [3.05, 3.63) is 47.0 Å². The molecule has 1 amide bonds. The van der Waals surface area contributed by atoms with Crippen molar-refractivity contribution in [3.8, 4) is 11.5 Å². The van der Waals surface area contributed by atoms with E-state index in [0.29, 0.717) is 5.75 Å². The van der Waals surface area contributed by atoms with Crippen molar-refractivity contribution < 1.29 is 22.7 Å². The SMILES string of the molecule is COc1ccc(Cl)cc1S(=O)(=O)N1CCOc2ccc(C(N)=O)cc21. The Labute approximate surface area is 149 Å². The van der Waals surface area contributed by atoms with Crippen LogP contribution in [-0.4, -0.2) is 34.6 Å². The summed E-state index contributed by atoms with van der Waals surface area (Å²) in [6.45, 7) is 0.248. The van der Waals surface area contributed by atoms with E-state index in [1.807, 2.05) is 0 Å². The fraction of sp³-hybridized carbons (Fsp3) is 0.188. The van der Waals surface area contributed by atoms with Gasteiger partial charge in [0, 0.05) is 10.6 Å². The summed E-state index contributed by atoms with van der Waals surface area (Å²) in [7, 11) is -2.62. The molecule has 3 rings (SSSR count). The molecule has 0 saturated heterocycles. The minimum absolute atomic E-state index is 0.0696. The maximum absolute atomic E-state index is 13.2. The van der Waals surface area contributed by atoms with Gasteiger partial charge in [0.05, 0.1) is 19.3 Å². The van der Waals surface area contributed by atoms with E-state index in [9.17, 15) is 13.2 Å². The van der Waals surface area contributed by atoms with Gasteiger partial charge >= 0.3 is 0 Å². The van der Waals surface area contributed by atoms with E-state index in [1.54, 1.807) is 0 Å². The number of fused-ring (bicyclic) bond motifs is 1. The molecule has 2 aromatic carbocycles. The summed E-state index contributed by atoms with van der Waals surface area (Å²) < 4.78 is 38.2. The van der Waals surface area contributed by atoms with Crippen LogP contribution >= 0.6 is 11.6 Å². The molecule has 0 unspecified atom stereocenters. The highest BCUT2D eigenvalue weighted by atomic mass is 35.5. The number of hydrogen-bond donors (Lipinski definition) is 1. The molecule has 132 valence electrons. The van der Waals surface area contributed by atoms with E-state index in [0.717, 1.165) is 4.31 Å². The van der Waals surface area contributed by atoms with Crippen molar-refractivity contribution >= 4 is 33.2 Å². The molecule has 7 nitrogen and oxygen atoms in total. The van der Waals surface area contributed by atoms with E-state index < -0.39 is 15.9 Å². The lowest BCUT2D eigenvalue weighted by Gasteiger charge is -2.31. The Bertz CT molecular complexity index is 946. The number of anilines is 1. The summed E-state index contributed by atoms with van der Waals surface area (Å²) in [4.78, 5) is 11.4. The summed E-state index contributed by atoms with van der Waals surface area (Å²) in [5, 5.41) is 0.263. The Hall–Kier alpha value is -2.45. The zero-order valence-electron chi connectivity index (χ0n) is 13.2. The Morgan fingerprint density at radius 3 is 2.72 bits per heavy atom. The fourth-order valence-electron chi connectivity index (χ4n) is 2.57. The summed E-state index contributed by atoms with van der Waals surface area (Å²) in [5.41, 5.74) is 5.72. The predicted molar refractivity (Wildman–Crippen MR) is 93.0 cm³/mol. The first kappa shape index (κ1) is 17.4. The van der Waals surface area contributed by atoms with Gasteiger partial charge in [-0.1, -0.05) is 11.6 Å². The molecule has 0 aliphatic carbocycles. The standard InChI is InChI=1S/C16H15ClN2O5S/c1-23-14-5-3-11(17)9-15(14)25(21,22)19-6-7-24-13-4-2-10(16(18)20)8-12(13)19/h2-5,8-9H,6-7H2,1H3,(H2,18,20). The van der Waals surface area contributed by atoms with Crippen LogP contribution < -0.4 is 19.5 Å². The molecule has 0 spiro atoms. The minimum Gasteiger partial charge on any atom is -0.495 e. The first-order chi connectivity index (χ1) is 11.8. The zero-order chi connectivity index (χ0) is 18.2. The van der Waals surface area contributed by atoms with Gasteiger partial charge in [-0.25, -0.2) is 8.42 Å². The number of methoxy groups -OCH3 is 1. The maximum atomic E-state index is 13.2. The van der Waals surface area contributed by atoms with Crippen LogP contribution in [0.15, 0.2) is 41.3 Å². The van der Waals surface area contributed by atoms with Crippen LogP contribution in [0.3, 0.4) is 0 Å². The third-order valence-corrected chi connectivity index (χ3v) is 5.83. The van der Waals surface area contributed by atoms with Crippen molar-refractivity contribution in [2.75, 3.05) is 24.6 Å². The highest BCUT2D eigenvalue weighted by Gasteiger charge is 2.33. The molecule has 0 atom stereocenters. The van der Waals surface area contributed by atoms with Crippen molar-refractivity contribution in [1.29, 1.82) is 0 Å². The smallest absolute Gasteiger partial charge is 0.268 e. The van der Waals surface area contributed by atoms with E-state index in [-0.39, 0.29) is 40.1 Å². The summed E-state index contributed by atoms with van der Waals surface area (Å²) in [6, 6.07) is 8.74. The third kappa shape index (κ3) is 3.10. The van der Waals surface area contributed by atoms with Crippen LogP contribution in [0.2, 0.25) is 5.02 Å². The minimum atomic E-state index is -3.99. The molecule has 2 aromatic rings. The lowest BCUT2D eigenvalue weighted by atomic mass is 10.1.